The minimum absolute atomic E-state index is 0.0239. The van der Waals surface area contributed by atoms with Crippen molar-refractivity contribution in [3.05, 3.63) is 51.6 Å². The number of allylic oxidation sites excluding steroid dienone is 2. The Balaban J connectivity index is 2.49. The topological polar surface area (TPSA) is 83.6 Å². The molecule has 1 aliphatic rings. The SMILES string of the molecule is O=[N+]([O-])c1cccc2c(O)c3c(c(O)c12)CC=CC3. The molecular weight excluding hydrogens is 246 g/mol. The predicted molar refractivity (Wildman–Crippen MR) is 70.5 cm³/mol. The van der Waals surface area contributed by atoms with Crippen molar-refractivity contribution in [2.24, 2.45) is 0 Å². The highest BCUT2D eigenvalue weighted by molar-refractivity contribution is 6.01. The second-order valence-corrected chi connectivity index (χ2v) is 4.49. The molecule has 2 aromatic carbocycles. The fourth-order valence-electron chi connectivity index (χ4n) is 2.58. The molecule has 0 saturated heterocycles. The molecule has 96 valence electrons. The number of nitro groups is 1. The summed E-state index contributed by atoms with van der Waals surface area (Å²) in [4.78, 5) is 10.5. The summed E-state index contributed by atoms with van der Waals surface area (Å²) in [6.45, 7) is 0. The lowest BCUT2D eigenvalue weighted by atomic mass is 9.90. The zero-order valence-electron chi connectivity index (χ0n) is 9.96. The van der Waals surface area contributed by atoms with E-state index < -0.39 is 4.92 Å². The van der Waals surface area contributed by atoms with E-state index in [2.05, 4.69) is 0 Å². The molecular formula is C14H11NO4. The Morgan fingerprint density at radius 2 is 1.68 bits per heavy atom. The van der Waals surface area contributed by atoms with Crippen molar-refractivity contribution in [2.75, 3.05) is 0 Å². The average Bonchev–Trinajstić information content (AvgIpc) is 2.44. The van der Waals surface area contributed by atoms with Gasteiger partial charge in [-0.1, -0.05) is 24.3 Å². The Morgan fingerprint density at radius 1 is 1.05 bits per heavy atom. The van der Waals surface area contributed by atoms with Crippen LogP contribution in [0.1, 0.15) is 11.1 Å². The minimum Gasteiger partial charge on any atom is -0.507 e. The zero-order chi connectivity index (χ0) is 13.6. The Morgan fingerprint density at radius 3 is 2.32 bits per heavy atom. The quantitative estimate of drug-likeness (QED) is 0.356. The third-order valence-corrected chi connectivity index (χ3v) is 3.48. The zero-order valence-corrected chi connectivity index (χ0v) is 9.96. The first kappa shape index (κ1) is 11.5. The van der Waals surface area contributed by atoms with Crippen LogP contribution in [0.15, 0.2) is 30.4 Å². The first-order chi connectivity index (χ1) is 9.11. The Labute approximate surface area is 108 Å². The van der Waals surface area contributed by atoms with Crippen molar-refractivity contribution < 1.29 is 15.1 Å². The second kappa shape index (κ2) is 3.98. The van der Waals surface area contributed by atoms with Gasteiger partial charge in [0.2, 0.25) is 0 Å². The van der Waals surface area contributed by atoms with E-state index in [-0.39, 0.29) is 22.6 Å². The van der Waals surface area contributed by atoms with E-state index in [9.17, 15) is 20.3 Å². The number of nitrogens with zero attached hydrogens (tertiary/aromatic N) is 1. The summed E-state index contributed by atoms with van der Waals surface area (Å²) in [6.07, 6.45) is 4.77. The maximum atomic E-state index is 11.0. The van der Waals surface area contributed by atoms with Gasteiger partial charge in [-0.25, -0.2) is 0 Å². The van der Waals surface area contributed by atoms with Gasteiger partial charge >= 0.3 is 0 Å². The Kier molecular flexibility index (Phi) is 2.41. The first-order valence-electron chi connectivity index (χ1n) is 5.89. The number of benzene rings is 2. The smallest absolute Gasteiger partial charge is 0.281 e. The number of hydrogen-bond acceptors (Lipinski definition) is 4. The normalized spacial score (nSPS) is 13.5. The van der Waals surface area contributed by atoms with Gasteiger partial charge in [-0.15, -0.1) is 0 Å². The van der Waals surface area contributed by atoms with Gasteiger partial charge in [-0.2, -0.15) is 0 Å². The van der Waals surface area contributed by atoms with Crippen LogP contribution in [0.2, 0.25) is 0 Å². The number of phenols is 2. The van der Waals surface area contributed by atoms with Crippen LogP contribution in [0.4, 0.5) is 5.69 Å². The number of aromatic hydroxyl groups is 2. The summed E-state index contributed by atoms with van der Waals surface area (Å²) in [5.74, 6) is -0.0738. The van der Waals surface area contributed by atoms with E-state index in [1.165, 1.54) is 12.1 Å². The molecule has 0 unspecified atom stereocenters. The molecule has 3 rings (SSSR count). The summed E-state index contributed by atoms with van der Waals surface area (Å²) in [6, 6.07) is 4.41. The molecule has 0 heterocycles. The van der Waals surface area contributed by atoms with Gasteiger partial charge < -0.3 is 10.2 Å². The fourth-order valence-corrected chi connectivity index (χ4v) is 2.58. The largest absolute Gasteiger partial charge is 0.507 e. The number of nitro benzene ring substituents is 1. The molecule has 19 heavy (non-hydrogen) atoms. The van der Waals surface area contributed by atoms with Crippen LogP contribution in [0, 0.1) is 10.1 Å². The third-order valence-electron chi connectivity index (χ3n) is 3.48. The summed E-state index contributed by atoms with van der Waals surface area (Å²) >= 11 is 0. The van der Waals surface area contributed by atoms with E-state index in [0.29, 0.717) is 29.4 Å². The molecule has 0 atom stereocenters. The molecule has 2 aromatic rings. The lowest BCUT2D eigenvalue weighted by Crippen LogP contribution is -2.01. The van der Waals surface area contributed by atoms with Gasteiger partial charge in [0, 0.05) is 22.6 Å². The van der Waals surface area contributed by atoms with Crippen molar-refractivity contribution in [1.29, 1.82) is 0 Å². The standard InChI is InChI=1S/C14H11NO4/c16-13-8-4-1-2-5-9(8)14(17)12-10(13)6-3-7-11(12)15(18)19/h1-3,6-7,16-17H,4-5H2. The minimum atomic E-state index is -0.549. The first-order valence-corrected chi connectivity index (χ1v) is 5.89. The summed E-state index contributed by atoms with van der Waals surface area (Å²) < 4.78 is 0. The second-order valence-electron chi connectivity index (χ2n) is 4.49. The summed E-state index contributed by atoms with van der Waals surface area (Å²) in [7, 11) is 0. The van der Waals surface area contributed by atoms with E-state index in [4.69, 9.17) is 0 Å². The van der Waals surface area contributed by atoms with Gasteiger partial charge in [0.15, 0.2) is 0 Å². The molecule has 2 N–H and O–H groups in total. The monoisotopic (exact) mass is 257 g/mol. The molecule has 5 nitrogen and oxygen atoms in total. The van der Waals surface area contributed by atoms with Gasteiger partial charge in [0.05, 0.1) is 4.92 Å². The highest BCUT2D eigenvalue weighted by atomic mass is 16.6. The van der Waals surface area contributed by atoms with E-state index in [1.54, 1.807) is 6.07 Å². The van der Waals surface area contributed by atoms with Crippen LogP contribution in [-0.2, 0) is 12.8 Å². The highest BCUT2D eigenvalue weighted by Crippen LogP contribution is 2.44. The van der Waals surface area contributed by atoms with E-state index in [0.717, 1.165) is 0 Å². The van der Waals surface area contributed by atoms with Crippen molar-refractivity contribution in [1.82, 2.24) is 0 Å². The van der Waals surface area contributed by atoms with Crippen LogP contribution in [0.3, 0.4) is 0 Å². The molecule has 1 aliphatic carbocycles. The van der Waals surface area contributed by atoms with Crippen molar-refractivity contribution in [3.8, 4) is 11.5 Å². The van der Waals surface area contributed by atoms with Crippen LogP contribution in [0.5, 0.6) is 11.5 Å². The van der Waals surface area contributed by atoms with Crippen molar-refractivity contribution >= 4 is 16.5 Å². The van der Waals surface area contributed by atoms with Crippen LogP contribution >= 0.6 is 0 Å². The molecule has 0 aromatic heterocycles. The molecule has 0 amide bonds. The number of fused-ring (bicyclic) bond motifs is 2. The molecule has 0 radical (unpaired) electrons. The van der Waals surface area contributed by atoms with Gasteiger partial charge in [-0.05, 0) is 12.8 Å². The van der Waals surface area contributed by atoms with Crippen LogP contribution in [-0.4, -0.2) is 15.1 Å². The third kappa shape index (κ3) is 1.55. The van der Waals surface area contributed by atoms with E-state index in [1.807, 2.05) is 12.2 Å². The maximum Gasteiger partial charge on any atom is 0.281 e. The van der Waals surface area contributed by atoms with E-state index >= 15 is 0 Å². The van der Waals surface area contributed by atoms with Crippen molar-refractivity contribution in [3.63, 3.8) is 0 Å². The van der Waals surface area contributed by atoms with Crippen LogP contribution in [0.25, 0.3) is 10.8 Å². The molecule has 0 bridgehead atoms. The Hall–Kier alpha value is -2.56. The van der Waals surface area contributed by atoms with Crippen LogP contribution < -0.4 is 0 Å². The number of hydrogen-bond donors (Lipinski definition) is 2. The van der Waals surface area contributed by atoms with Gasteiger partial charge in [0.1, 0.15) is 16.9 Å². The molecule has 0 spiro atoms. The lowest BCUT2D eigenvalue weighted by molar-refractivity contribution is -0.383. The number of phenolic OH excluding ortho intramolecular Hbond substituents is 2. The molecule has 0 aliphatic heterocycles. The number of rotatable bonds is 1. The lowest BCUT2D eigenvalue weighted by Gasteiger charge is -2.17. The molecule has 0 fully saturated rings. The van der Waals surface area contributed by atoms with Gasteiger partial charge in [-0.3, -0.25) is 10.1 Å². The predicted octanol–water partition coefficient (Wildman–Crippen LogP) is 2.81. The summed E-state index contributed by atoms with van der Waals surface area (Å²) in [5, 5.41) is 32.0. The Bertz CT molecular complexity index is 734. The highest BCUT2D eigenvalue weighted by Gasteiger charge is 2.24. The number of non-ortho nitro benzene ring substituents is 1. The maximum absolute atomic E-state index is 11.0. The average molecular weight is 257 g/mol. The fraction of sp³-hybridized carbons (Fsp3) is 0.143. The molecule has 0 saturated carbocycles. The van der Waals surface area contributed by atoms with Crippen molar-refractivity contribution in [2.45, 2.75) is 12.8 Å². The summed E-state index contributed by atoms with van der Waals surface area (Å²) in [5.41, 5.74) is 1.03. The van der Waals surface area contributed by atoms with Gasteiger partial charge in [0.25, 0.3) is 5.69 Å². The molecule has 5 heteroatoms.